The highest BCUT2D eigenvalue weighted by Crippen LogP contribution is 2.59. The van der Waals surface area contributed by atoms with Crippen molar-refractivity contribution in [1.82, 2.24) is 0 Å². The molecule has 4 nitrogen and oxygen atoms in total. The Hall–Kier alpha value is -1.06. The van der Waals surface area contributed by atoms with Crippen molar-refractivity contribution in [3.8, 4) is 0 Å². The molecule has 0 heterocycles. The molecule has 0 aromatic heterocycles. The fourth-order valence-corrected chi connectivity index (χ4v) is 4.10. The van der Waals surface area contributed by atoms with Crippen LogP contribution in [0.25, 0.3) is 0 Å². The second-order valence-electron chi connectivity index (χ2n) is 6.33. The van der Waals surface area contributed by atoms with Gasteiger partial charge in [0.15, 0.2) is 5.41 Å². The van der Waals surface area contributed by atoms with Crippen LogP contribution in [-0.4, -0.2) is 23.7 Å². The SMILES string of the molecule is CCCCOC(=O)C1(C(=O)O)CCCC1(CCC)CCC. The number of carboxylic acids is 1. The summed E-state index contributed by atoms with van der Waals surface area (Å²) in [6, 6.07) is 0. The predicted molar refractivity (Wildman–Crippen MR) is 82.0 cm³/mol. The van der Waals surface area contributed by atoms with E-state index in [1.165, 1.54) is 0 Å². The second-order valence-corrected chi connectivity index (χ2v) is 6.33. The predicted octanol–water partition coefficient (Wildman–Crippen LogP) is 4.17. The topological polar surface area (TPSA) is 63.6 Å². The summed E-state index contributed by atoms with van der Waals surface area (Å²) in [6.45, 7) is 6.48. The molecular weight excluding hydrogens is 268 g/mol. The fourth-order valence-electron chi connectivity index (χ4n) is 4.10. The number of rotatable bonds is 9. The Kier molecular flexibility index (Phi) is 6.69. The summed E-state index contributed by atoms with van der Waals surface area (Å²) in [7, 11) is 0. The van der Waals surface area contributed by atoms with Gasteiger partial charge in [-0.3, -0.25) is 9.59 Å². The summed E-state index contributed by atoms with van der Waals surface area (Å²) in [6.07, 6.45) is 7.14. The average molecular weight is 298 g/mol. The number of hydrogen-bond acceptors (Lipinski definition) is 3. The van der Waals surface area contributed by atoms with Crippen LogP contribution in [-0.2, 0) is 14.3 Å². The molecule has 0 bridgehead atoms. The molecule has 0 spiro atoms. The number of carbonyl (C=O) groups is 2. The fraction of sp³-hybridized carbons (Fsp3) is 0.882. The molecule has 1 saturated carbocycles. The number of hydrogen-bond donors (Lipinski definition) is 1. The van der Waals surface area contributed by atoms with Gasteiger partial charge < -0.3 is 9.84 Å². The highest BCUT2D eigenvalue weighted by atomic mass is 16.5. The lowest BCUT2D eigenvalue weighted by Gasteiger charge is -2.41. The van der Waals surface area contributed by atoms with Crippen LogP contribution in [0.5, 0.6) is 0 Å². The number of ether oxygens (including phenoxy) is 1. The summed E-state index contributed by atoms with van der Waals surface area (Å²) in [5, 5.41) is 9.88. The zero-order chi connectivity index (χ0) is 15.9. The summed E-state index contributed by atoms with van der Waals surface area (Å²) in [5.74, 6) is -1.48. The quantitative estimate of drug-likeness (QED) is 0.394. The molecule has 1 N–H and O–H groups in total. The molecule has 1 fully saturated rings. The highest BCUT2D eigenvalue weighted by Gasteiger charge is 2.64. The normalized spacial score (nSPS) is 24.0. The summed E-state index contributed by atoms with van der Waals surface area (Å²) in [5.41, 5.74) is -1.75. The lowest BCUT2D eigenvalue weighted by Crippen LogP contribution is -2.51. The van der Waals surface area contributed by atoms with Gasteiger partial charge in [-0.2, -0.15) is 0 Å². The summed E-state index contributed by atoms with van der Waals surface area (Å²) >= 11 is 0. The van der Waals surface area contributed by atoms with Crippen molar-refractivity contribution in [2.24, 2.45) is 10.8 Å². The van der Waals surface area contributed by atoms with E-state index >= 15 is 0 Å². The molecule has 1 aliphatic rings. The van der Waals surface area contributed by atoms with Crippen LogP contribution in [0.2, 0.25) is 0 Å². The maximum atomic E-state index is 12.6. The number of carbonyl (C=O) groups excluding carboxylic acids is 1. The van der Waals surface area contributed by atoms with Gasteiger partial charge in [-0.15, -0.1) is 0 Å². The van der Waals surface area contributed by atoms with Gasteiger partial charge >= 0.3 is 11.9 Å². The number of carboxylic acid groups (broad SMARTS) is 1. The third kappa shape index (κ3) is 3.24. The van der Waals surface area contributed by atoms with Gasteiger partial charge in [-0.1, -0.05) is 46.5 Å². The Labute approximate surface area is 128 Å². The van der Waals surface area contributed by atoms with Gasteiger partial charge in [-0.25, -0.2) is 0 Å². The van der Waals surface area contributed by atoms with Crippen molar-refractivity contribution in [2.75, 3.05) is 6.61 Å². The highest BCUT2D eigenvalue weighted by molar-refractivity contribution is 6.00. The minimum atomic E-state index is -1.33. The summed E-state index contributed by atoms with van der Waals surface area (Å²) < 4.78 is 5.36. The molecule has 122 valence electrons. The van der Waals surface area contributed by atoms with Crippen LogP contribution in [0, 0.1) is 10.8 Å². The molecule has 4 heteroatoms. The Morgan fingerprint density at radius 3 is 2.14 bits per heavy atom. The lowest BCUT2D eigenvalue weighted by molar-refractivity contribution is -0.179. The van der Waals surface area contributed by atoms with Gasteiger partial charge in [0.05, 0.1) is 6.61 Å². The van der Waals surface area contributed by atoms with Gasteiger partial charge in [0.1, 0.15) is 0 Å². The molecular formula is C17H30O4. The second kappa shape index (κ2) is 7.81. The van der Waals surface area contributed by atoms with E-state index in [9.17, 15) is 14.7 Å². The Morgan fingerprint density at radius 1 is 1.05 bits per heavy atom. The molecule has 0 aliphatic heterocycles. The zero-order valence-electron chi connectivity index (χ0n) is 13.7. The Balaban J connectivity index is 3.10. The van der Waals surface area contributed by atoms with Crippen molar-refractivity contribution in [3.05, 3.63) is 0 Å². The van der Waals surface area contributed by atoms with Crippen molar-refractivity contribution in [2.45, 2.75) is 78.6 Å². The average Bonchev–Trinajstić information content (AvgIpc) is 2.80. The van der Waals surface area contributed by atoms with Gasteiger partial charge in [0, 0.05) is 0 Å². The summed E-state index contributed by atoms with van der Waals surface area (Å²) in [4.78, 5) is 24.7. The van der Waals surface area contributed by atoms with E-state index in [1.807, 2.05) is 6.92 Å². The van der Waals surface area contributed by atoms with E-state index < -0.39 is 22.8 Å². The van der Waals surface area contributed by atoms with E-state index in [0.29, 0.717) is 13.0 Å². The number of unbranched alkanes of at least 4 members (excludes halogenated alkanes) is 1. The van der Waals surface area contributed by atoms with Crippen LogP contribution in [0.4, 0.5) is 0 Å². The van der Waals surface area contributed by atoms with Crippen molar-refractivity contribution >= 4 is 11.9 Å². The van der Waals surface area contributed by atoms with Crippen LogP contribution >= 0.6 is 0 Å². The molecule has 0 aromatic rings. The van der Waals surface area contributed by atoms with Crippen LogP contribution in [0.1, 0.15) is 78.6 Å². The van der Waals surface area contributed by atoms with E-state index in [1.54, 1.807) is 0 Å². The molecule has 0 amide bonds. The standard InChI is InChI=1S/C17H30O4/c1-4-7-13-21-15(20)17(14(18)19)12-8-11-16(17,9-5-2)10-6-3/h4-13H2,1-3H3,(H,18,19). The monoisotopic (exact) mass is 298 g/mol. The molecule has 1 rings (SSSR count). The molecule has 0 radical (unpaired) electrons. The molecule has 1 unspecified atom stereocenters. The van der Waals surface area contributed by atoms with Gasteiger partial charge in [0.25, 0.3) is 0 Å². The van der Waals surface area contributed by atoms with Crippen LogP contribution in [0.15, 0.2) is 0 Å². The molecule has 21 heavy (non-hydrogen) atoms. The van der Waals surface area contributed by atoms with E-state index in [4.69, 9.17) is 4.74 Å². The van der Waals surface area contributed by atoms with Crippen molar-refractivity contribution in [3.63, 3.8) is 0 Å². The maximum absolute atomic E-state index is 12.6. The van der Waals surface area contributed by atoms with Crippen LogP contribution in [0.3, 0.4) is 0 Å². The van der Waals surface area contributed by atoms with Crippen molar-refractivity contribution < 1.29 is 19.4 Å². The molecule has 1 aliphatic carbocycles. The van der Waals surface area contributed by atoms with Crippen molar-refractivity contribution in [1.29, 1.82) is 0 Å². The third-order valence-corrected chi connectivity index (χ3v) is 5.01. The van der Waals surface area contributed by atoms with Gasteiger partial charge in [0.2, 0.25) is 0 Å². The number of aliphatic carboxylic acids is 1. The first-order valence-corrected chi connectivity index (χ1v) is 8.41. The molecule has 0 saturated heterocycles. The smallest absolute Gasteiger partial charge is 0.324 e. The minimum absolute atomic E-state index is 0.332. The Morgan fingerprint density at radius 2 is 1.67 bits per heavy atom. The van der Waals surface area contributed by atoms with Gasteiger partial charge in [-0.05, 0) is 37.5 Å². The first kappa shape index (κ1) is 18.0. The largest absolute Gasteiger partial charge is 0.480 e. The minimum Gasteiger partial charge on any atom is -0.480 e. The van der Waals surface area contributed by atoms with E-state index in [-0.39, 0.29) is 0 Å². The lowest BCUT2D eigenvalue weighted by atomic mass is 9.61. The zero-order valence-corrected chi connectivity index (χ0v) is 13.7. The maximum Gasteiger partial charge on any atom is 0.324 e. The number of esters is 1. The van der Waals surface area contributed by atoms with E-state index in [2.05, 4.69) is 13.8 Å². The third-order valence-electron chi connectivity index (χ3n) is 5.01. The first-order chi connectivity index (χ1) is 10.0. The van der Waals surface area contributed by atoms with Crippen LogP contribution < -0.4 is 0 Å². The molecule has 1 atom stereocenters. The first-order valence-electron chi connectivity index (χ1n) is 8.41. The Bertz CT molecular complexity index is 358. The molecule has 0 aromatic carbocycles. The van der Waals surface area contributed by atoms with E-state index in [0.717, 1.165) is 51.4 Å².